The van der Waals surface area contributed by atoms with Crippen LogP contribution in [-0.2, 0) is 6.42 Å². The first-order chi connectivity index (χ1) is 10.1. The third-order valence-corrected chi connectivity index (χ3v) is 3.20. The quantitative estimate of drug-likeness (QED) is 0.869. The molecule has 110 valence electrons. The van der Waals surface area contributed by atoms with Crippen molar-refractivity contribution >= 4 is 6.08 Å². The van der Waals surface area contributed by atoms with Crippen LogP contribution in [0, 0.1) is 6.92 Å². The Morgan fingerprint density at radius 1 is 1.14 bits per heavy atom. The standard InChI is InChI=1S/C19H23NO/c1-15-10-11-19(18(13-15)14-16(2)20)21-12-6-9-17-7-4-3-5-8-17/h3-11,13,16H,12,14,20H2,1-2H3. The molecule has 0 saturated heterocycles. The van der Waals surface area contributed by atoms with E-state index in [0.29, 0.717) is 6.61 Å². The Balaban J connectivity index is 1.98. The molecule has 2 N–H and O–H groups in total. The van der Waals surface area contributed by atoms with Crippen LogP contribution in [0.4, 0.5) is 0 Å². The number of hydrogen-bond donors (Lipinski definition) is 1. The second kappa shape index (κ2) is 7.65. The van der Waals surface area contributed by atoms with Gasteiger partial charge in [0.05, 0.1) is 0 Å². The van der Waals surface area contributed by atoms with Gasteiger partial charge in [0.2, 0.25) is 0 Å². The summed E-state index contributed by atoms with van der Waals surface area (Å²) < 4.78 is 5.87. The average Bonchev–Trinajstić information content (AvgIpc) is 2.46. The number of hydrogen-bond acceptors (Lipinski definition) is 2. The van der Waals surface area contributed by atoms with E-state index in [1.807, 2.05) is 37.3 Å². The Morgan fingerprint density at radius 2 is 1.90 bits per heavy atom. The van der Waals surface area contributed by atoms with Crippen molar-refractivity contribution in [2.45, 2.75) is 26.3 Å². The molecule has 21 heavy (non-hydrogen) atoms. The SMILES string of the molecule is Cc1ccc(OCC=Cc2ccccc2)c(CC(C)N)c1. The van der Waals surface area contributed by atoms with Crippen molar-refractivity contribution in [3.63, 3.8) is 0 Å². The van der Waals surface area contributed by atoms with Gasteiger partial charge in [0.25, 0.3) is 0 Å². The van der Waals surface area contributed by atoms with Gasteiger partial charge >= 0.3 is 0 Å². The maximum absolute atomic E-state index is 5.90. The Labute approximate surface area is 127 Å². The summed E-state index contributed by atoms with van der Waals surface area (Å²) in [5, 5.41) is 0. The molecule has 2 heteroatoms. The molecule has 0 heterocycles. The van der Waals surface area contributed by atoms with Crippen LogP contribution >= 0.6 is 0 Å². The summed E-state index contributed by atoms with van der Waals surface area (Å²) in [7, 11) is 0. The van der Waals surface area contributed by atoms with Crippen LogP contribution in [0.3, 0.4) is 0 Å². The molecule has 0 aromatic heterocycles. The van der Waals surface area contributed by atoms with E-state index >= 15 is 0 Å². The molecule has 0 aliphatic heterocycles. The van der Waals surface area contributed by atoms with Gasteiger partial charge in [-0.1, -0.05) is 54.1 Å². The van der Waals surface area contributed by atoms with E-state index in [1.165, 1.54) is 16.7 Å². The molecule has 0 bridgehead atoms. The fraction of sp³-hybridized carbons (Fsp3) is 0.263. The molecule has 0 fully saturated rings. The van der Waals surface area contributed by atoms with Crippen molar-refractivity contribution in [3.05, 3.63) is 71.3 Å². The van der Waals surface area contributed by atoms with Crippen molar-refractivity contribution in [3.8, 4) is 5.75 Å². The molecule has 0 radical (unpaired) electrons. The number of rotatable bonds is 6. The predicted octanol–water partition coefficient (Wildman–Crippen LogP) is 3.98. The highest BCUT2D eigenvalue weighted by Gasteiger charge is 2.06. The Hall–Kier alpha value is -2.06. The summed E-state index contributed by atoms with van der Waals surface area (Å²) in [6, 6.07) is 16.6. The molecule has 0 aliphatic rings. The summed E-state index contributed by atoms with van der Waals surface area (Å²) in [6.45, 7) is 4.66. The van der Waals surface area contributed by atoms with Crippen molar-refractivity contribution in [1.82, 2.24) is 0 Å². The lowest BCUT2D eigenvalue weighted by Gasteiger charge is -2.13. The van der Waals surface area contributed by atoms with Gasteiger partial charge < -0.3 is 10.5 Å². The maximum Gasteiger partial charge on any atom is 0.123 e. The minimum atomic E-state index is 0.133. The monoisotopic (exact) mass is 281 g/mol. The Kier molecular flexibility index (Phi) is 5.59. The molecule has 0 saturated carbocycles. The molecule has 2 aromatic rings. The zero-order valence-corrected chi connectivity index (χ0v) is 12.8. The lowest BCUT2D eigenvalue weighted by Crippen LogP contribution is -2.18. The molecule has 0 amide bonds. The minimum absolute atomic E-state index is 0.133. The van der Waals surface area contributed by atoms with Crippen molar-refractivity contribution in [2.24, 2.45) is 5.73 Å². The van der Waals surface area contributed by atoms with E-state index in [2.05, 4.69) is 37.3 Å². The highest BCUT2D eigenvalue weighted by atomic mass is 16.5. The number of ether oxygens (including phenoxy) is 1. The van der Waals surface area contributed by atoms with Gasteiger partial charge in [0.15, 0.2) is 0 Å². The molecule has 1 unspecified atom stereocenters. The highest BCUT2D eigenvalue weighted by molar-refractivity contribution is 5.48. The zero-order chi connectivity index (χ0) is 15.1. The van der Waals surface area contributed by atoms with Crippen molar-refractivity contribution in [1.29, 1.82) is 0 Å². The van der Waals surface area contributed by atoms with Gasteiger partial charge in [0.1, 0.15) is 12.4 Å². The van der Waals surface area contributed by atoms with E-state index < -0.39 is 0 Å². The second-order valence-electron chi connectivity index (χ2n) is 5.42. The summed E-state index contributed by atoms with van der Waals surface area (Å²) in [5.41, 5.74) is 9.50. The maximum atomic E-state index is 5.90. The van der Waals surface area contributed by atoms with Gasteiger partial charge in [-0.2, -0.15) is 0 Å². The summed E-state index contributed by atoms with van der Waals surface area (Å²) in [6.07, 6.45) is 4.93. The minimum Gasteiger partial charge on any atom is -0.489 e. The summed E-state index contributed by atoms with van der Waals surface area (Å²) >= 11 is 0. The average molecular weight is 281 g/mol. The van der Waals surface area contributed by atoms with Crippen molar-refractivity contribution < 1.29 is 4.74 Å². The van der Waals surface area contributed by atoms with Crippen molar-refractivity contribution in [2.75, 3.05) is 6.61 Å². The molecule has 2 nitrogen and oxygen atoms in total. The smallest absolute Gasteiger partial charge is 0.123 e. The lowest BCUT2D eigenvalue weighted by atomic mass is 10.0. The lowest BCUT2D eigenvalue weighted by molar-refractivity contribution is 0.358. The van der Waals surface area contributed by atoms with E-state index in [9.17, 15) is 0 Å². The molecule has 2 aromatic carbocycles. The first kappa shape index (κ1) is 15.3. The Morgan fingerprint density at radius 3 is 2.62 bits per heavy atom. The second-order valence-corrected chi connectivity index (χ2v) is 5.42. The molecular weight excluding hydrogens is 258 g/mol. The van der Waals surface area contributed by atoms with E-state index in [4.69, 9.17) is 10.5 Å². The topological polar surface area (TPSA) is 35.2 Å². The van der Waals surface area contributed by atoms with Crippen LogP contribution in [0.25, 0.3) is 6.08 Å². The largest absolute Gasteiger partial charge is 0.489 e. The third kappa shape index (κ3) is 5.09. The molecule has 0 aliphatic carbocycles. The number of benzene rings is 2. The number of nitrogens with two attached hydrogens (primary N) is 1. The zero-order valence-electron chi connectivity index (χ0n) is 12.8. The van der Waals surface area contributed by atoms with Crippen LogP contribution in [0.15, 0.2) is 54.6 Å². The normalized spacial score (nSPS) is 12.5. The predicted molar refractivity (Wildman–Crippen MR) is 89.5 cm³/mol. The van der Waals surface area contributed by atoms with Gasteiger partial charge in [-0.3, -0.25) is 0 Å². The summed E-state index contributed by atoms with van der Waals surface area (Å²) in [4.78, 5) is 0. The van der Waals surface area contributed by atoms with Gasteiger partial charge in [-0.25, -0.2) is 0 Å². The van der Waals surface area contributed by atoms with E-state index in [0.717, 1.165) is 12.2 Å². The van der Waals surface area contributed by atoms with Crippen LogP contribution < -0.4 is 10.5 Å². The van der Waals surface area contributed by atoms with E-state index in [-0.39, 0.29) is 6.04 Å². The molecule has 2 rings (SSSR count). The highest BCUT2D eigenvalue weighted by Crippen LogP contribution is 2.21. The van der Waals surface area contributed by atoms with Crippen LogP contribution in [0.2, 0.25) is 0 Å². The molecular formula is C19H23NO. The first-order valence-corrected chi connectivity index (χ1v) is 7.34. The van der Waals surface area contributed by atoms with Crippen LogP contribution in [0.5, 0.6) is 5.75 Å². The third-order valence-electron chi connectivity index (χ3n) is 3.20. The fourth-order valence-electron chi connectivity index (χ4n) is 2.24. The molecule has 0 spiro atoms. The molecule has 1 atom stereocenters. The van der Waals surface area contributed by atoms with Gasteiger partial charge in [0, 0.05) is 6.04 Å². The summed E-state index contributed by atoms with van der Waals surface area (Å²) in [5.74, 6) is 0.926. The fourth-order valence-corrected chi connectivity index (χ4v) is 2.24. The van der Waals surface area contributed by atoms with Crippen LogP contribution in [-0.4, -0.2) is 12.6 Å². The number of aryl methyl sites for hydroxylation is 1. The van der Waals surface area contributed by atoms with E-state index in [1.54, 1.807) is 0 Å². The van der Waals surface area contributed by atoms with Crippen LogP contribution in [0.1, 0.15) is 23.6 Å². The first-order valence-electron chi connectivity index (χ1n) is 7.34. The van der Waals surface area contributed by atoms with Gasteiger partial charge in [-0.15, -0.1) is 0 Å². The van der Waals surface area contributed by atoms with Gasteiger partial charge in [-0.05, 0) is 43.5 Å². The Bertz CT molecular complexity index is 588.